The highest BCUT2D eigenvalue weighted by Gasteiger charge is 2.12. The molecule has 0 fully saturated rings. The molecule has 0 aliphatic heterocycles. The van der Waals surface area contributed by atoms with Crippen molar-refractivity contribution in [1.29, 1.82) is 0 Å². The zero-order chi connectivity index (χ0) is 18.1. The first kappa shape index (κ1) is 23.1. The zero-order valence-corrected chi connectivity index (χ0v) is 18.0. The molecule has 4 nitrogen and oxygen atoms in total. The molecule has 26 heavy (non-hydrogen) atoms. The smallest absolute Gasteiger partial charge is 0.175 e. The third-order valence-corrected chi connectivity index (χ3v) is 4.61. The fourth-order valence-corrected chi connectivity index (χ4v) is 3.15. The van der Waals surface area contributed by atoms with Gasteiger partial charge >= 0.3 is 0 Å². The van der Waals surface area contributed by atoms with Crippen molar-refractivity contribution < 1.29 is 14.2 Å². The van der Waals surface area contributed by atoms with Crippen LogP contribution in [-0.4, -0.2) is 27.4 Å². The van der Waals surface area contributed by atoms with Crippen molar-refractivity contribution in [2.75, 3.05) is 27.4 Å². The minimum Gasteiger partial charge on any atom is -0.493 e. The lowest BCUT2D eigenvalue weighted by Crippen LogP contribution is -2.16. The minimum absolute atomic E-state index is 0. The molecule has 0 unspecified atom stereocenters. The Labute approximate surface area is 174 Å². The molecule has 0 saturated carbocycles. The molecular formula is C19H24BrCl2NO3. The van der Waals surface area contributed by atoms with E-state index in [0.717, 1.165) is 41.7 Å². The van der Waals surface area contributed by atoms with Gasteiger partial charge in [0.15, 0.2) is 11.5 Å². The molecule has 7 heteroatoms. The Morgan fingerprint density at radius 3 is 2.62 bits per heavy atom. The molecule has 0 radical (unpaired) electrons. The lowest BCUT2D eigenvalue weighted by Gasteiger charge is -2.15. The number of rotatable bonds is 10. The number of nitrogens with one attached hydrogen (secondary N) is 1. The van der Waals surface area contributed by atoms with Crippen molar-refractivity contribution in [1.82, 2.24) is 5.32 Å². The summed E-state index contributed by atoms with van der Waals surface area (Å²) in [7, 11) is 3.35. The summed E-state index contributed by atoms with van der Waals surface area (Å²) in [5, 5.41) is 4.07. The molecule has 0 aliphatic rings. The number of hydrogen-bond acceptors (Lipinski definition) is 4. The third-order valence-electron chi connectivity index (χ3n) is 3.65. The number of methoxy groups -OCH3 is 2. The molecule has 0 spiro atoms. The Morgan fingerprint density at radius 2 is 1.92 bits per heavy atom. The van der Waals surface area contributed by atoms with Gasteiger partial charge in [0.25, 0.3) is 0 Å². The van der Waals surface area contributed by atoms with Crippen LogP contribution in [0.2, 0.25) is 5.02 Å². The fraction of sp³-hybridized carbons (Fsp3) is 0.368. The van der Waals surface area contributed by atoms with Crippen LogP contribution in [0.3, 0.4) is 0 Å². The van der Waals surface area contributed by atoms with Gasteiger partial charge in [-0.2, -0.15) is 0 Å². The second-order valence-electron chi connectivity index (χ2n) is 5.51. The summed E-state index contributed by atoms with van der Waals surface area (Å²) in [6, 6.07) is 11.7. The third kappa shape index (κ3) is 6.97. The highest BCUT2D eigenvalue weighted by molar-refractivity contribution is 9.10. The minimum atomic E-state index is 0. The molecule has 0 amide bonds. The molecule has 2 aromatic carbocycles. The summed E-state index contributed by atoms with van der Waals surface area (Å²) in [6.45, 7) is 2.79. The average molecular weight is 465 g/mol. The number of benzene rings is 2. The van der Waals surface area contributed by atoms with Gasteiger partial charge in [0.05, 0.1) is 11.6 Å². The first-order chi connectivity index (χ1) is 12.2. The van der Waals surface area contributed by atoms with Crippen molar-refractivity contribution in [3.8, 4) is 11.5 Å². The van der Waals surface area contributed by atoms with Crippen LogP contribution in [0.1, 0.15) is 17.5 Å². The van der Waals surface area contributed by atoms with Gasteiger partial charge in [0.2, 0.25) is 0 Å². The maximum absolute atomic E-state index is 6.18. The van der Waals surface area contributed by atoms with Gasteiger partial charge in [-0.1, -0.05) is 29.8 Å². The monoisotopic (exact) mass is 463 g/mol. The maximum Gasteiger partial charge on any atom is 0.175 e. The average Bonchev–Trinajstić information content (AvgIpc) is 2.61. The van der Waals surface area contributed by atoms with Gasteiger partial charge in [-0.25, -0.2) is 0 Å². The van der Waals surface area contributed by atoms with E-state index in [-0.39, 0.29) is 12.4 Å². The summed E-state index contributed by atoms with van der Waals surface area (Å²) < 4.78 is 17.3. The number of hydrogen-bond donors (Lipinski definition) is 1. The largest absolute Gasteiger partial charge is 0.493 e. The number of ether oxygens (including phenoxy) is 3. The van der Waals surface area contributed by atoms with Crippen LogP contribution in [0.5, 0.6) is 11.5 Å². The van der Waals surface area contributed by atoms with Crippen molar-refractivity contribution in [2.45, 2.75) is 19.6 Å². The Balaban J connectivity index is 0.00000338. The van der Waals surface area contributed by atoms with E-state index in [4.69, 9.17) is 25.8 Å². The Hall–Kier alpha value is -0.980. The van der Waals surface area contributed by atoms with Crippen LogP contribution in [0.15, 0.2) is 40.9 Å². The molecule has 0 aromatic heterocycles. The molecule has 2 rings (SSSR count). The van der Waals surface area contributed by atoms with Crippen LogP contribution < -0.4 is 14.8 Å². The van der Waals surface area contributed by atoms with Gasteiger partial charge in [0, 0.05) is 30.8 Å². The Morgan fingerprint density at radius 1 is 1.15 bits per heavy atom. The van der Waals surface area contributed by atoms with E-state index in [1.165, 1.54) is 0 Å². The van der Waals surface area contributed by atoms with Crippen LogP contribution >= 0.6 is 39.9 Å². The van der Waals surface area contributed by atoms with Gasteiger partial charge in [-0.3, -0.25) is 0 Å². The standard InChI is InChI=1S/C19H23BrClNO3.ClH/c1-23-9-5-8-22-12-14-10-16(20)19(18(11-14)24-2)25-13-15-6-3-4-7-17(15)21;/h3-4,6-7,10-11,22H,5,8-9,12-13H2,1-2H3;1H. The fourth-order valence-electron chi connectivity index (χ4n) is 2.35. The van der Waals surface area contributed by atoms with Crippen molar-refractivity contribution in [3.63, 3.8) is 0 Å². The second-order valence-corrected chi connectivity index (χ2v) is 6.77. The molecule has 0 heterocycles. The van der Waals surface area contributed by atoms with E-state index in [2.05, 4.69) is 21.2 Å². The second kappa shape index (κ2) is 12.4. The van der Waals surface area contributed by atoms with E-state index in [9.17, 15) is 0 Å². The van der Waals surface area contributed by atoms with Gasteiger partial charge in [-0.15, -0.1) is 12.4 Å². The highest BCUT2D eigenvalue weighted by Crippen LogP contribution is 2.37. The first-order valence-corrected chi connectivity index (χ1v) is 9.25. The predicted octanol–water partition coefficient (Wildman–Crippen LogP) is 5.24. The van der Waals surface area contributed by atoms with Gasteiger partial charge in [0.1, 0.15) is 6.61 Å². The van der Waals surface area contributed by atoms with Crippen LogP contribution in [-0.2, 0) is 17.9 Å². The summed E-state index contributed by atoms with van der Waals surface area (Å²) in [6.07, 6.45) is 0.980. The summed E-state index contributed by atoms with van der Waals surface area (Å²) >= 11 is 9.76. The van der Waals surface area contributed by atoms with Gasteiger partial charge < -0.3 is 19.5 Å². The topological polar surface area (TPSA) is 39.7 Å². The van der Waals surface area contributed by atoms with E-state index in [0.29, 0.717) is 23.1 Å². The van der Waals surface area contributed by atoms with Crippen LogP contribution in [0, 0.1) is 0 Å². The molecule has 2 aromatic rings. The summed E-state index contributed by atoms with van der Waals surface area (Å²) in [5.74, 6) is 1.36. The maximum atomic E-state index is 6.18. The summed E-state index contributed by atoms with van der Waals surface area (Å²) in [5.41, 5.74) is 2.05. The highest BCUT2D eigenvalue weighted by atomic mass is 79.9. The van der Waals surface area contributed by atoms with Crippen LogP contribution in [0.4, 0.5) is 0 Å². The molecule has 0 saturated heterocycles. The first-order valence-electron chi connectivity index (χ1n) is 8.08. The van der Waals surface area contributed by atoms with E-state index in [1.807, 2.05) is 36.4 Å². The SMILES string of the molecule is COCCCNCc1cc(Br)c(OCc2ccccc2Cl)c(OC)c1.Cl. The zero-order valence-electron chi connectivity index (χ0n) is 14.9. The lowest BCUT2D eigenvalue weighted by molar-refractivity contribution is 0.194. The lowest BCUT2D eigenvalue weighted by atomic mass is 10.2. The Bertz CT molecular complexity index is 686. The normalized spacial score (nSPS) is 10.3. The van der Waals surface area contributed by atoms with E-state index >= 15 is 0 Å². The van der Waals surface area contributed by atoms with Crippen molar-refractivity contribution in [3.05, 3.63) is 57.0 Å². The molecule has 1 N–H and O–H groups in total. The number of halogens is 3. The Kier molecular flexibility index (Phi) is 11.0. The van der Waals surface area contributed by atoms with Crippen LogP contribution in [0.25, 0.3) is 0 Å². The molecule has 144 valence electrons. The van der Waals surface area contributed by atoms with Gasteiger partial charge in [-0.05, 0) is 52.7 Å². The van der Waals surface area contributed by atoms with E-state index in [1.54, 1.807) is 14.2 Å². The molecule has 0 bridgehead atoms. The van der Waals surface area contributed by atoms with E-state index < -0.39 is 0 Å². The quantitative estimate of drug-likeness (QED) is 0.488. The predicted molar refractivity (Wildman–Crippen MR) is 112 cm³/mol. The van der Waals surface area contributed by atoms with Crippen molar-refractivity contribution in [2.24, 2.45) is 0 Å². The molecule has 0 atom stereocenters. The van der Waals surface area contributed by atoms with Crippen molar-refractivity contribution >= 4 is 39.9 Å². The summed E-state index contributed by atoms with van der Waals surface area (Å²) in [4.78, 5) is 0. The molecular weight excluding hydrogens is 441 g/mol. The molecule has 0 aliphatic carbocycles.